The smallest absolute Gasteiger partial charge is 0.337 e. The zero-order chi connectivity index (χ0) is 19.4. The second-order valence-electron chi connectivity index (χ2n) is 6.70. The lowest BCUT2D eigenvalue weighted by Crippen LogP contribution is -2.25. The van der Waals surface area contributed by atoms with Gasteiger partial charge in [0.25, 0.3) is 5.56 Å². The van der Waals surface area contributed by atoms with Crippen molar-refractivity contribution < 1.29 is 18.0 Å². The zero-order valence-corrected chi connectivity index (χ0v) is 15.0. The van der Waals surface area contributed by atoms with Crippen LogP contribution in [0.25, 0.3) is 11.1 Å². The molecular weight excluding hydrogens is 360 g/mol. The molecule has 0 amide bonds. The van der Waals surface area contributed by atoms with Crippen LogP contribution in [0.5, 0.6) is 6.01 Å². The second-order valence-corrected chi connectivity index (χ2v) is 6.70. The summed E-state index contributed by atoms with van der Waals surface area (Å²) in [5.74, 6) is -2.67. The Hall–Kier alpha value is -2.58. The van der Waals surface area contributed by atoms with Crippen LogP contribution in [0.3, 0.4) is 0 Å². The molecule has 2 heterocycles. The molecule has 0 saturated heterocycles. The van der Waals surface area contributed by atoms with E-state index in [0.717, 1.165) is 19.3 Å². The number of oxime groups is 1. The number of nitrogens with one attached hydrogen (secondary N) is 1. The molecule has 1 fully saturated rings. The molecule has 1 saturated carbocycles. The van der Waals surface area contributed by atoms with Crippen LogP contribution in [0, 0.1) is 0 Å². The lowest BCUT2D eigenvalue weighted by molar-refractivity contribution is -0.0185. The van der Waals surface area contributed by atoms with Gasteiger partial charge in [0.15, 0.2) is 0 Å². The first kappa shape index (κ1) is 19.2. The first-order chi connectivity index (χ1) is 12.9. The number of alkyl halides is 2. The molecule has 0 radical (unpaired) electrons. The number of hydrogen-bond donors (Lipinski definition) is 1. The van der Waals surface area contributed by atoms with Crippen molar-refractivity contribution in [3.05, 3.63) is 32.4 Å². The van der Waals surface area contributed by atoms with E-state index in [0.29, 0.717) is 17.7 Å². The molecule has 0 aromatic carbocycles. The molecule has 0 bridgehead atoms. The van der Waals surface area contributed by atoms with Crippen molar-refractivity contribution in [2.75, 3.05) is 0 Å². The molecule has 0 atom stereocenters. The van der Waals surface area contributed by atoms with Crippen LogP contribution >= 0.6 is 0 Å². The van der Waals surface area contributed by atoms with Crippen LogP contribution in [0.1, 0.15) is 57.4 Å². The van der Waals surface area contributed by atoms with E-state index in [2.05, 4.69) is 22.0 Å². The lowest BCUT2D eigenvalue weighted by atomic mass is 9.95. The van der Waals surface area contributed by atoms with Gasteiger partial charge in [-0.15, -0.1) is 0 Å². The summed E-state index contributed by atoms with van der Waals surface area (Å²) in [5, 5.41) is 4.01. The maximum atomic E-state index is 13.2. The Morgan fingerprint density at radius 1 is 1.30 bits per heavy atom. The van der Waals surface area contributed by atoms with Gasteiger partial charge in [-0.3, -0.25) is 9.78 Å². The summed E-state index contributed by atoms with van der Waals surface area (Å²) >= 11 is 0. The van der Waals surface area contributed by atoms with Crippen molar-refractivity contribution in [2.24, 2.45) is 5.16 Å². The SMILES string of the molecule is CCCCCc1cc(=O)oc2nc(ON=C3CCC(F)(F)CC3)[nH]c(=O)c12. The van der Waals surface area contributed by atoms with Crippen molar-refractivity contribution in [1.82, 2.24) is 9.97 Å². The maximum Gasteiger partial charge on any atom is 0.337 e. The van der Waals surface area contributed by atoms with Gasteiger partial charge in [0.2, 0.25) is 11.6 Å². The van der Waals surface area contributed by atoms with Gasteiger partial charge in [0.05, 0.1) is 5.71 Å². The molecule has 7 nitrogen and oxygen atoms in total. The molecule has 0 aliphatic heterocycles. The Balaban J connectivity index is 1.84. The van der Waals surface area contributed by atoms with Gasteiger partial charge in [0.1, 0.15) is 5.39 Å². The standard InChI is InChI=1S/C18H21F2N3O4/c1-2-3-4-5-11-10-13(24)26-16-14(11)15(25)21-17(22-16)27-23-12-6-8-18(19,20)9-7-12/h10H,2-9H2,1H3,(H,21,22,25). The number of H-pyrrole nitrogens is 1. The minimum atomic E-state index is -2.67. The van der Waals surface area contributed by atoms with Crippen molar-refractivity contribution in [2.45, 2.75) is 64.2 Å². The number of halogens is 2. The van der Waals surface area contributed by atoms with E-state index in [-0.39, 0.29) is 42.8 Å². The number of unbranched alkanes of at least 4 members (excludes halogenated alkanes) is 2. The first-order valence-corrected chi connectivity index (χ1v) is 9.05. The number of aromatic nitrogens is 2. The van der Waals surface area contributed by atoms with E-state index in [1.54, 1.807) is 0 Å². The predicted molar refractivity (Wildman–Crippen MR) is 95.6 cm³/mol. The minimum absolute atomic E-state index is 0.113. The Bertz CT molecular complexity index is 953. The number of rotatable bonds is 6. The van der Waals surface area contributed by atoms with Crippen LogP contribution in [-0.2, 0) is 6.42 Å². The lowest BCUT2D eigenvalue weighted by Gasteiger charge is -2.21. The average Bonchev–Trinajstić information content (AvgIpc) is 2.60. The van der Waals surface area contributed by atoms with Crippen LogP contribution in [-0.4, -0.2) is 21.6 Å². The highest BCUT2D eigenvalue weighted by molar-refractivity contribution is 5.84. The van der Waals surface area contributed by atoms with Gasteiger partial charge in [-0.2, -0.15) is 4.98 Å². The van der Waals surface area contributed by atoms with Gasteiger partial charge in [-0.1, -0.05) is 24.9 Å². The van der Waals surface area contributed by atoms with E-state index >= 15 is 0 Å². The summed E-state index contributed by atoms with van der Waals surface area (Å²) in [4.78, 5) is 35.7. The first-order valence-electron chi connectivity index (χ1n) is 9.05. The monoisotopic (exact) mass is 381 g/mol. The largest absolute Gasteiger partial charge is 0.403 e. The molecule has 0 spiro atoms. The fourth-order valence-electron chi connectivity index (χ4n) is 3.04. The van der Waals surface area contributed by atoms with E-state index in [9.17, 15) is 18.4 Å². The highest BCUT2D eigenvalue weighted by Gasteiger charge is 2.33. The second kappa shape index (κ2) is 7.98. The highest BCUT2D eigenvalue weighted by atomic mass is 19.3. The molecule has 1 aliphatic rings. The third-order valence-corrected chi connectivity index (χ3v) is 4.54. The number of fused-ring (bicyclic) bond motifs is 1. The van der Waals surface area contributed by atoms with Crippen molar-refractivity contribution in [1.29, 1.82) is 0 Å². The predicted octanol–water partition coefficient (Wildman–Crippen LogP) is 3.55. The summed E-state index contributed by atoms with van der Waals surface area (Å²) in [6, 6.07) is 1.06. The fraction of sp³-hybridized carbons (Fsp3) is 0.556. The Morgan fingerprint density at radius 3 is 2.74 bits per heavy atom. The van der Waals surface area contributed by atoms with E-state index in [1.165, 1.54) is 6.07 Å². The van der Waals surface area contributed by atoms with E-state index in [4.69, 9.17) is 9.25 Å². The van der Waals surface area contributed by atoms with Gasteiger partial charge in [-0.25, -0.2) is 13.6 Å². The molecule has 3 rings (SSSR count). The summed E-state index contributed by atoms with van der Waals surface area (Å²) < 4.78 is 31.4. The maximum absolute atomic E-state index is 13.2. The fourth-order valence-corrected chi connectivity index (χ4v) is 3.04. The highest BCUT2D eigenvalue weighted by Crippen LogP contribution is 2.31. The molecule has 2 aromatic rings. The Labute approximate surface area is 153 Å². The van der Waals surface area contributed by atoms with Gasteiger partial charge in [0, 0.05) is 18.9 Å². The third kappa shape index (κ3) is 4.78. The van der Waals surface area contributed by atoms with Crippen molar-refractivity contribution in [3.63, 3.8) is 0 Å². The average molecular weight is 381 g/mol. The topological polar surface area (TPSA) is 97.5 Å². The van der Waals surface area contributed by atoms with E-state index in [1.807, 2.05) is 0 Å². The van der Waals surface area contributed by atoms with Crippen LogP contribution < -0.4 is 16.0 Å². The number of hydrogen-bond acceptors (Lipinski definition) is 6. The van der Waals surface area contributed by atoms with Gasteiger partial charge < -0.3 is 9.25 Å². The Morgan fingerprint density at radius 2 is 2.04 bits per heavy atom. The van der Waals surface area contributed by atoms with Gasteiger partial charge >= 0.3 is 11.6 Å². The summed E-state index contributed by atoms with van der Waals surface area (Å²) in [7, 11) is 0. The number of aryl methyl sites for hydroxylation is 1. The molecule has 1 aliphatic carbocycles. The normalized spacial score (nSPS) is 16.5. The Kier molecular flexibility index (Phi) is 5.67. The molecule has 0 unspecified atom stereocenters. The van der Waals surface area contributed by atoms with Crippen LogP contribution in [0.15, 0.2) is 25.2 Å². The van der Waals surface area contributed by atoms with E-state index < -0.39 is 17.1 Å². The van der Waals surface area contributed by atoms with Crippen molar-refractivity contribution in [3.8, 4) is 6.01 Å². The summed E-state index contributed by atoms with van der Waals surface area (Å²) in [5.41, 5.74) is -0.170. The third-order valence-electron chi connectivity index (χ3n) is 4.54. The number of aromatic amines is 1. The van der Waals surface area contributed by atoms with Crippen LogP contribution in [0.2, 0.25) is 0 Å². The molecular formula is C18H21F2N3O4. The quantitative estimate of drug-likeness (QED) is 0.609. The summed E-state index contributed by atoms with van der Waals surface area (Å²) in [6.45, 7) is 2.06. The zero-order valence-electron chi connectivity index (χ0n) is 15.0. The van der Waals surface area contributed by atoms with Crippen LogP contribution in [0.4, 0.5) is 8.78 Å². The molecule has 9 heteroatoms. The summed E-state index contributed by atoms with van der Waals surface area (Å²) in [6.07, 6.45) is 3.05. The van der Waals surface area contributed by atoms with Crippen molar-refractivity contribution >= 4 is 16.8 Å². The van der Waals surface area contributed by atoms with Gasteiger partial charge in [-0.05, 0) is 31.2 Å². The molecule has 1 N–H and O–H groups in total. The number of nitrogens with zero attached hydrogens (tertiary/aromatic N) is 2. The molecule has 2 aromatic heterocycles. The minimum Gasteiger partial charge on any atom is -0.403 e. The molecule has 146 valence electrons. The molecule has 27 heavy (non-hydrogen) atoms.